The predicted octanol–water partition coefficient (Wildman–Crippen LogP) is 5.34. The second-order valence-electron chi connectivity index (χ2n) is 7.74. The summed E-state index contributed by atoms with van der Waals surface area (Å²) in [5, 5.41) is 2.08. The van der Waals surface area contributed by atoms with Crippen LogP contribution in [-0.4, -0.2) is 10.8 Å². The van der Waals surface area contributed by atoms with Crippen molar-refractivity contribution < 1.29 is 9.53 Å². The van der Waals surface area contributed by atoms with Gasteiger partial charge in [0, 0.05) is 10.2 Å². The summed E-state index contributed by atoms with van der Waals surface area (Å²) >= 11 is 3.81. The lowest BCUT2D eigenvalue weighted by molar-refractivity contribution is -0.176. The summed E-state index contributed by atoms with van der Waals surface area (Å²) in [6.07, 6.45) is 1.97. The summed E-state index contributed by atoms with van der Waals surface area (Å²) in [4.78, 5) is 13.3. The van der Waals surface area contributed by atoms with Crippen molar-refractivity contribution in [1.82, 2.24) is 0 Å². The number of ether oxygens (including phenoxy) is 1. The van der Waals surface area contributed by atoms with Crippen LogP contribution in [0.2, 0.25) is 0 Å². The maximum Gasteiger partial charge on any atom is 0.319 e. The van der Waals surface area contributed by atoms with Gasteiger partial charge in [0.2, 0.25) is 0 Å². The summed E-state index contributed by atoms with van der Waals surface area (Å²) in [5.41, 5.74) is -0.292. The Kier molecular flexibility index (Phi) is 3.04. The van der Waals surface area contributed by atoms with Crippen molar-refractivity contribution in [2.24, 2.45) is 16.2 Å². The van der Waals surface area contributed by atoms with Crippen molar-refractivity contribution in [2.75, 3.05) is 0 Å². The molecular formula is C20H21BrO2. The zero-order valence-electron chi connectivity index (χ0n) is 13.7. The fourth-order valence-corrected chi connectivity index (χ4v) is 6.67. The number of esters is 1. The Bertz CT molecular complexity index is 807. The van der Waals surface area contributed by atoms with Crippen LogP contribution in [0, 0.1) is 16.2 Å². The van der Waals surface area contributed by atoms with E-state index in [0.29, 0.717) is 5.75 Å². The molecule has 3 aliphatic carbocycles. The molecule has 3 fully saturated rings. The van der Waals surface area contributed by atoms with Gasteiger partial charge >= 0.3 is 5.97 Å². The monoisotopic (exact) mass is 372 g/mol. The third-order valence-electron chi connectivity index (χ3n) is 6.89. The zero-order chi connectivity index (χ0) is 16.5. The summed E-state index contributed by atoms with van der Waals surface area (Å²) in [6, 6.07) is 13.9. The number of hydrogen-bond acceptors (Lipinski definition) is 2. The highest BCUT2D eigenvalue weighted by Gasteiger charge is 2.80. The van der Waals surface area contributed by atoms with Gasteiger partial charge in [0.05, 0.1) is 5.41 Å². The molecule has 0 aliphatic heterocycles. The van der Waals surface area contributed by atoms with E-state index >= 15 is 0 Å². The normalized spacial score (nSPS) is 34.2. The van der Waals surface area contributed by atoms with Crippen LogP contribution in [0.3, 0.4) is 0 Å². The molecule has 3 heteroatoms. The van der Waals surface area contributed by atoms with Gasteiger partial charge < -0.3 is 4.74 Å². The molecule has 3 atom stereocenters. The van der Waals surface area contributed by atoms with E-state index in [1.807, 2.05) is 42.5 Å². The molecule has 0 N–H and O–H groups in total. The van der Waals surface area contributed by atoms with Gasteiger partial charge in [-0.15, -0.1) is 0 Å². The lowest BCUT2D eigenvalue weighted by Crippen LogP contribution is -2.68. The second-order valence-corrected chi connectivity index (χ2v) is 8.66. The fourth-order valence-electron chi connectivity index (χ4n) is 4.88. The maximum atomic E-state index is 13.1. The van der Waals surface area contributed by atoms with E-state index in [0.717, 1.165) is 23.6 Å². The number of fused-ring (bicyclic) bond motifs is 2. The van der Waals surface area contributed by atoms with Crippen LogP contribution in [0.1, 0.15) is 33.6 Å². The molecule has 0 aromatic heterocycles. The van der Waals surface area contributed by atoms with Crippen molar-refractivity contribution in [1.29, 1.82) is 0 Å². The first kappa shape index (κ1) is 15.2. The molecule has 2 aromatic carbocycles. The van der Waals surface area contributed by atoms with Gasteiger partial charge in [0.1, 0.15) is 5.75 Å². The predicted molar refractivity (Wildman–Crippen MR) is 95.9 cm³/mol. The molecule has 3 unspecified atom stereocenters. The van der Waals surface area contributed by atoms with Crippen molar-refractivity contribution in [3.8, 4) is 5.75 Å². The Hall–Kier alpha value is -1.35. The fraction of sp³-hybridized carbons (Fsp3) is 0.450. The van der Waals surface area contributed by atoms with Gasteiger partial charge in [-0.1, -0.05) is 73.1 Å². The standard InChI is InChI=1S/C20H21BrO2/c1-18(2)19(3)11-12-20(18,16(19)21)17(22)23-15-10-6-8-13-7-4-5-9-14(13)15/h4-10,16H,11-12H2,1-3H3. The SMILES string of the molecule is CC12CCC(C(=O)Oc3cccc4ccccc34)(C1Br)C2(C)C. The molecule has 3 aliphatic rings. The van der Waals surface area contributed by atoms with E-state index in [1.54, 1.807) is 0 Å². The first-order valence-electron chi connectivity index (χ1n) is 8.19. The maximum absolute atomic E-state index is 13.1. The molecule has 0 heterocycles. The van der Waals surface area contributed by atoms with Gasteiger partial charge in [-0.25, -0.2) is 0 Å². The number of rotatable bonds is 2. The summed E-state index contributed by atoms with van der Waals surface area (Å²) in [5.74, 6) is 0.578. The minimum atomic E-state index is -0.418. The van der Waals surface area contributed by atoms with Gasteiger partial charge in [0.15, 0.2) is 0 Å². The van der Waals surface area contributed by atoms with E-state index in [4.69, 9.17) is 4.74 Å². The summed E-state index contributed by atoms with van der Waals surface area (Å²) in [6.45, 7) is 6.70. The van der Waals surface area contributed by atoms with E-state index in [2.05, 4.69) is 36.7 Å². The molecule has 120 valence electrons. The zero-order valence-corrected chi connectivity index (χ0v) is 15.3. The average Bonchev–Trinajstić information content (AvgIpc) is 2.95. The van der Waals surface area contributed by atoms with E-state index in [-0.39, 0.29) is 21.6 Å². The number of alkyl halides is 1. The first-order chi connectivity index (χ1) is 10.8. The largest absolute Gasteiger partial charge is 0.425 e. The van der Waals surface area contributed by atoms with Gasteiger partial charge in [-0.05, 0) is 35.1 Å². The average molecular weight is 373 g/mol. The number of hydrogen-bond donors (Lipinski definition) is 0. The van der Waals surface area contributed by atoms with Crippen molar-refractivity contribution in [3.63, 3.8) is 0 Å². The third-order valence-corrected chi connectivity index (χ3v) is 8.68. The number of benzene rings is 2. The van der Waals surface area contributed by atoms with Crippen LogP contribution in [0.4, 0.5) is 0 Å². The third kappa shape index (κ3) is 1.62. The molecule has 0 saturated heterocycles. The van der Waals surface area contributed by atoms with E-state index in [1.165, 1.54) is 0 Å². The van der Waals surface area contributed by atoms with Gasteiger partial charge in [-0.2, -0.15) is 0 Å². The quantitative estimate of drug-likeness (QED) is 0.404. The lowest BCUT2D eigenvalue weighted by atomic mass is 9.43. The highest BCUT2D eigenvalue weighted by atomic mass is 79.9. The Balaban J connectivity index is 1.71. The molecule has 2 bridgehead atoms. The highest BCUT2D eigenvalue weighted by molar-refractivity contribution is 9.09. The molecule has 5 rings (SSSR count). The minimum Gasteiger partial charge on any atom is -0.425 e. The Labute approximate surface area is 145 Å². The molecule has 23 heavy (non-hydrogen) atoms. The smallest absolute Gasteiger partial charge is 0.319 e. The van der Waals surface area contributed by atoms with Crippen LogP contribution < -0.4 is 4.74 Å². The van der Waals surface area contributed by atoms with Gasteiger partial charge in [0.25, 0.3) is 0 Å². The van der Waals surface area contributed by atoms with Crippen LogP contribution in [0.25, 0.3) is 10.8 Å². The number of halogens is 1. The van der Waals surface area contributed by atoms with Crippen LogP contribution in [0.15, 0.2) is 42.5 Å². The van der Waals surface area contributed by atoms with E-state index in [9.17, 15) is 4.79 Å². The molecule has 3 saturated carbocycles. The van der Waals surface area contributed by atoms with Crippen molar-refractivity contribution >= 4 is 32.7 Å². The van der Waals surface area contributed by atoms with Gasteiger partial charge in [-0.3, -0.25) is 4.79 Å². The van der Waals surface area contributed by atoms with E-state index < -0.39 is 5.41 Å². The number of carbonyl (C=O) groups excluding carboxylic acids is 1. The first-order valence-corrected chi connectivity index (χ1v) is 9.10. The molecule has 0 spiro atoms. The molecule has 0 radical (unpaired) electrons. The molecule has 2 aromatic rings. The second kappa shape index (κ2) is 4.60. The number of carbonyl (C=O) groups is 1. The Morgan fingerprint density at radius 3 is 2.43 bits per heavy atom. The molecular weight excluding hydrogens is 352 g/mol. The minimum absolute atomic E-state index is 0.0458. The highest BCUT2D eigenvalue weighted by Crippen LogP contribution is 2.80. The van der Waals surface area contributed by atoms with Crippen LogP contribution >= 0.6 is 15.9 Å². The topological polar surface area (TPSA) is 26.3 Å². The van der Waals surface area contributed by atoms with Crippen LogP contribution in [-0.2, 0) is 4.79 Å². The molecule has 2 nitrogen and oxygen atoms in total. The van der Waals surface area contributed by atoms with Crippen molar-refractivity contribution in [3.05, 3.63) is 42.5 Å². The Morgan fingerprint density at radius 1 is 1.09 bits per heavy atom. The van der Waals surface area contributed by atoms with Crippen molar-refractivity contribution in [2.45, 2.75) is 38.4 Å². The summed E-state index contributed by atoms with van der Waals surface area (Å²) in [7, 11) is 0. The Morgan fingerprint density at radius 2 is 1.78 bits per heavy atom. The molecule has 0 amide bonds. The lowest BCUT2D eigenvalue weighted by Gasteiger charge is -2.63. The van der Waals surface area contributed by atoms with Crippen LogP contribution in [0.5, 0.6) is 5.75 Å². The summed E-state index contributed by atoms with van der Waals surface area (Å²) < 4.78 is 5.93.